The molecular weight excluding hydrogens is 396 g/mol. The molecule has 1 aliphatic heterocycles. The number of ether oxygens (including phenoxy) is 1. The topological polar surface area (TPSA) is 161 Å². The quantitative estimate of drug-likeness (QED) is 0.355. The van der Waals surface area contributed by atoms with Gasteiger partial charge in [0.2, 0.25) is 0 Å². The first-order chi connectivity index (χ1) is 14.3. The van der Waals surface area contributed by atoms with Crippen molar-refractivity contribution in [1.82, 2.24) is 0 Å². The zero-order chi connectivity index (χ0) is 21.6. The van der Waals surface area contributed by atoms with Gasteiger partial charge in [-0.15, -0.1) is 0 Å². The summed E-state index contributed by atoms with van der Waals surface area (Å²) in [5.74, 6) is -1.02. The van der Waals surface area contributed by atoms with Crippen molar-refractivity contribution in [2.45, 2.75) is 30.5 Å². The van der Waals surface area contributed by atoms with Gasteiger partial charge < -0.3 is 39.8 Å². The van der Waals surface area contributed by atoms with Crippen LogP contribution in [0.25, 0.3) is 22.3 Å². The number of aromatic hydroxyl groups is 2. The van der Waals surface area contributed by atoms with Crippen molar-refractivity contribution in [3.63, 3.8) is 0 Å². The number of hydrogen-bond donors (Lipinski definition) is 6. The van der Waals surface area contributed by atoms with Crippen LogP contribution in [0.1, 0.15) is 11.7 Å². The van der Waals surface area contributed by atoms with E-state index in [2.05, 4.69) is 0 Å². The van der Waals surface area contributed by atoms with Gasteiger partial charge in [-0.05, 0) is 0 Å². The van der Waals surface area contributed by atoms with Crippen molar-refractivity contribution in [1.29, 1.82) is 0 Å². The van der Waals surface area contributed by atoms with Crippen LogP contribution in [-0.2, 0) is 4.74 Å². The van der Waals surface area contributed by atoms with E-state index in [1.807, 2.05) is 0 Å². The maximum absolute atomic E-state index is 12.7. The summed E-state index contributed by atoms with van der Waals surface area (Å²) in [5.41, 5.74) is -0.434. The van der Waals surface area contributed by atoms with E-state index in [4.69, 9.17) is 9.15 Å². The third-order valence-corrected chi connectivity index (χ3v) is 5.25. The molecule has 4 rings (SSSR count). The molecule has 158 valence electrons. The molecule has 3 aromatic rings. The van der Waals surface area contributed by atoms with Crippen LogP contribution < -0.4 is 5.43 Å². The SMILES string of the molecule is O=c1cc(-c2ccccc2)oc2cc(O)c([C@H]3O[C@H](CO)[C@@H](O)[C@H](O)[C@H]3O)c(O)c12. The van der Waals surface area contributed by atoms with Crippen LogP contribution in [0, 0.1) is 0 Å². The molecular formula is C21H20O9. The standard InChI is InChI=1S/C21H20O9/c22-8-14-17(25)19(27)20(28)21(30-14)16-11(24)7-13-15(18(16)26)10(23)6-12(29-13)9-4-2-1-3-5-9/h1-7,14,17,19-22,24-28H,8H2/t14-,17-,19+,20-,21-/m1/s1. The van der Waals surface area contributed by atoms with Crippen LogP contribution in [0.5, 0.6) is 11.5 Å². The van der Waals surface area contributed by atoms with E-state index in [1.54, 1.807) is 30.3 Å². The minimum absolute atomic E-state index is 0.0929. The minimum atomic E-state index is -1.74. The molecule has 1 saturated heterocycles. The predicted molar refractivity (Wildman–Crippen MR) is 104 cm³/mol. The highest BCUT2D eigenvalue weighted by atomic mass is 16.5. The average molecular weight is 416 g/mol. The Balaban J connectivity index is 1.87. The first-order valence-corrected chi connectivity index (χ1v) is 9.22. The number of aliphatic hydroxyl groups is 4. The van der Waals surface area contributed by atoms with Crippen LogP contribution in [0.3, 0.4) is 0 Å². The molecule has 30 heavy (non-hydrogen) atoms. The summed E-state index contributed by atoms with van der Waals surface area (Å²) < 4.78 is 11.1. The first kappa shape index (κ1) is 20.3. The molecule has 0 spiro atoms. The van der Waals surface area contributed by atoms with Crippen molar-refractivity contribution in [2.75, 3.05) is 6.61 Å². The maximum atomic E-state index is 12.7. The molecule has 0 unspecified atom stereocenters. The van der Waals surface area contributed by atoms with Crippen LogP contribution in [-0.4, -0.2) is 61.7 Å². The second kappa shape index (κ2) is 7.71. The van der Waals surface area contributed by atoms with Crippen molar-refractivity contribution < 1.29 is 39.8 Å². The molecule has 5 atom stereocenters. The molecule has 0 radical (unpaired) electrons. The molecule has 0 amide bonds. The van der Waals surface area contributed by atoms with Gasteiger partial charge in [0, 0.05) is 17.7 Å². The fourth-order valence-electron chi connectivity index (χ4n) is 3.67. The normalized spacial score (nSPS) is 26.7. The predicted octanol–water partition coefficient (Wildman–Crippen LogP) is 0.386. The van der Waals surface area contributed by atoms with Crippen LogP contribution in [0.2, 0.25) is 0 Å². The molecule has 9 nitrogen and oxygen atoms in total. The molecule has 2 heterocycles. The van der Waals surface area contributed by atoms with Gasteiger partial charge in [0.15, 0.2) is 5.43 Å². The molecule has 0 bridgehead atoms. The van der Waals surface area contributed by atoms with Gasteiger partial charge in [-0.3, -0.25) is 4.79 Å². The van der Waals surface area contributed by atoms with Crippen LogP contribution in [0.15, 0.2) is 51.7 Å². The summed E-state index contributed by atoms with van der Waals surface area (Å²) >= 11 is 0. The largest absolute Gasteiger partial charge is 0.507 e. The van der Waals surface area contributed by atoms with E-state index in [1.165, 1.54) is 6.07 Å². The lowest BCUT2D eigenvalue weighted by atomic mass is 9.89. The number of fused-ring (bicyclic) bond motifs is 1. The van der Waals surface area contributed by atoms with Crippen molar-refractivity contribution in [3.8, 4) is 22.8 Å². The number of aliphatic hydroxyl groups excluding tert-OH is 4. The molecule has 1 aromatic heterocycles. The van der Waals surface area contributed by atoms with Gasteiger partial charge in [-0.25, -0.2) is 0 Å². The summed E-state index contributed by atoms with van der Waals surface area (Å²) in [6.45, 7) is -0.681. The highest BCUT2D eigenvalue weighted by Crippen LogP contribution is 2.44. The van der Waals surface area contributed by atoms with Gasteiger partial charge in [-0.2, -0.15) is 0 Å². The Morgan fingerprint density at radius 3 is 2.30 bits per heavy atom. The summed E-state index contributed by atoms with van der Waals surface area (Å²) in [4.78, 5) is 12.7. The van der Waals surface area contributed by atoms with Crippen molar-refractivity contribution in [2.24, 2.45) is 0 Å². The molecule has 6 N–H and O–H groups in total. The van der Waals surface area contributed by atoms with Gasteiger partial charge in [-0.1, -0.05) is 30.3 Å². The molecule has 1 fully saturated rings. The van der Waals surface area contributed by atoms with Gasteiger partial charge in [0.25, 0.3) is 0 Å². The minimum Gasteiger partial charge on any atom is -0.507 e. The Labute approximate surface area is 169 Å². The lowest BCUT2D eigenvalue weighted by Gasteiger charge is -2.40. The lowest BCUT2D eigenvalue weighted by Crippen LogP contribution is -2.55. The number of rotatable bonds is 3. The highest BCUT2D eigenvalue weighted by molar-refractivity contribution is 5.88. The molecule has 9 heteroatoms. The lowest BCUT2D eigenvalue weighted by molar-refractivity contribution is -0.232. The Kier molecular flexibility index (Phi) is 5.22. The molecule has 0 saturated carbocycles. The van der Waals surface area contributed by atoms with Gasteiger partial charge >= 0.3 is 0 Å². The Hall–Kier alpha value is -2.95. The second-order valence-electron chi connectivity index (χ2n) is 7.12. The Morgan fingerprint density at radius 2 is 1.63 bits per heavy atom. The third kappa shape index (κ3) is 3.22. The van der Waals surface area contributed by atoms with E-state index < -0.39 is 54.1 Å². The molecule has 1 aliphatic rings. The number of benzene rings is 2. The first-order valence-electron chi connectivity index (χ1n) is 9.22. The van der Waals surface area contributed by atoms with Crippen LogP contribution in [0.4, 0.5) is 0 Å². The van der Waals surface area contributed by atoms with E-state index in [0.717, 1.165) is 6.07 Å². The van der Waals surface area contributed by atoms with Crippen LogP contribution >= 0.6 is 0 Å². The fraction of sp³-hybridized carbons (Fsp3) is 0.286. The monoisotopic (exact) mass is 416 g/mol. The van der Waals surface area contributed by atoms with E-state index in [-0.39, 0.29) is 22.3 Å². The van der Waals surface area contributed by atoms with E-state index in [9.17, 15) is 35.4 Å². The zero-order valence-corrected chi connectivity index (χ0v) is 15.5. The number of hydrogen-bond acceptors (Lipinski definition) is 9. The summed E-state index contributed by atoms with van der Waals surface area (Å²) in [6.07, 6.45) is -7.83. The van der Waals surface area contributed by atoms with Gasteiger partial charge in [0.05, 0.1) is 12.2 Å². The summed E-state index contributed by atoms with van der Waals surface area (Å²) in [6, 6.07) is 11.1. The Morgan fingerprint density at radius 1 is 0.933 bits per heavy atom. The number of phenols is 2. The van der Waals surface area contributed by atoms with Crippen molar-refractivity contribution >= 4 is 11.0 Å². The van der Waals surface area contributed by atoms with E-state index in [0.29, 0.717) is 5.56 Å². The zero-order valence-electron chi connectivity index (χ0n) is 15.5. The maximum Gasteiger partial charge on any atom is 0.197 e. The molecule has 2 aromatic carbocycles. The average Bonchev–Trinajstić information content (AvgIpc) is 2.73. The smallest absolute Gasteiger partial charge is 0.197 e. The van der Waals surface area contributed by atoms with E-state index >= 15 is 0 Å². The third-order valence-electron chi connectivity index (χ3n) is 5.25. The second-order valence-corrected chi connectivity index (χ2v) is 7.12. The fourth-order valence-corrected chi connectivity index (χ4v) is 3.67. The summed E-state index contributed by atoms with van der Waals surface area (Å²) in [7, 11) is 0. The highest BCUT2D eigenvalue weighted by Gasteiger charge is 2.46. The Bertz CT molecular complexity index is 1120. The van der Waals surface area contributed by atoms with Crippen molar-refractivity contribution in [3.05, 3.63) is 58.3 Å². The summed E-state index contributed by atoms with van der Waals surface area (Å²) in [5, 5.41) is 60.6. The molecule has 0 aliphatic carbocycles. The number of phenolic OH excluding ortho intramolecular Hbond substituents is 2. The van der Waals surface area contributed by atoms with Gasteiger partial charge in [0.1, 0.15) is 58.7 Å².